The van der Waals surface area contributed by atoms with Gasteiger partial charge >= 0.3 is 0 Å². The Morgan fingerprint density at radius 1 is 1.17 bits per heavy atom. The van der Waals surface area contributed by atoms with E-state index in [1.807, 2.05) is 31.2 Å². The molecular weight excluding hydrogens is 388 g/mol. The molecule has 0 amide bonds. The van der Waals surface area contributed by atoms with Gasteiger partial charge in [-0.15, -0.1) is 10.2 Å². The third-order valence-corrected chi connectivity index (χ3v) is 5.09. The maximum absolute atomic E-state index is 5.99. The normalized spacial score (nSPS) is 16.2. The van der Waals surface area contributed by atoms with Crippen LogP contribution in [-0.4, -0.2) is 14.8 Å². The molecule has 4 rings (SSSR count). The Labute approximate surface area is 154 Å². The molecule has 1 aliphatic rings. The summed E-state index contributed by atoms with van der Waals surface area (Å²) in [5, 5.41) is 13.0. The summed E-state index contributed by atoms with van der Waals surface area (Å²) < 4.78 is 3.20. The molecule has 122 valence electrons. The second-order valence-corrected chi connectivity index (χ2v) is 7.30. The van der Waals surface area contributed by atoms with Gasteiger partial charge in [0.2, 0.25) is 0 Å². The number of hydrogen-bond acceptors (Lipinski definition) is 3. The van der Waals surface area contributed by atoms with E-state index in [0.717, 1.165) is 45.4 Å². The number of nitrogens with zero attached hydrogens (tertiary/aromatic N) is 3. The minimum absolute atomic E-state index is 0.204. The first kappa shape index (κ1) is 15.7. The van der Waals surface area contributed by atoms with E-state index in [1.165, 1.54) is 5.56 Å². The van der Waals surface area contributed by atoms with Gasteiger partial charge in [-0.3, -0.25) is 4.57 Å². The lowest BCUT2D eigenvalue weighted by atomic mass is 10.0. The van der Waals surface area contributed by atoms with Gasteiger partial charge in [0.25, 0.3) is 0 Å². The van der Waals surface area contributed by atoms with Crippen molar-refractivity contribution in [1.82, 2.24) is 14.8 Å². The van der Waals surface area contributed by atoms with Crippen molar-refractivity contribution in [3.05, 3.63) is 69.2 Å². The summed E-state index contributed by atoms with van der Waals surface area (Å²) in [5.41, 5.74) is 3.44. The van der Waals surface area contributed by atoms with Crippen molar-refractivity contribution in [3.8, 4) is 5.69 Å². The molecule has 1 atom stereocenters. The molecule has 0 spiro atoms. The van der Waals surface area contributed by atoms with Crippen molar-refractivity contribution >= 4 is 33.2 Å². The summed E-state index contributed by atoms with van der Waals surface area (Å²) in [4.78, 5) is 0. The minimum atomic E-state index is 0.204. The lowest BCUT2D eigenvalue weighted by Gasteiger charge is -2.21. The fraction of sp³-hybridized carbons (Fsp3) is 0.222. The molecule has 2 aromatic carbocycles. The standard InChI is InChI=1S/C18H16BrClN4/c1-11-22-23-18-9-8-16(21-14-5-3-13(20)4-6-14)15-7-2-12(19)10-17(15)24(11)18/h2-7,10,16,21H,8-9H2,1H3. The molecule has 0 radical (unpaired) electrons. The maximum Gasteiger partial charge on any atom is 0.137 e. The number of anilines is 1. The zero-order valence-electron chi connectivity index (χ0n) is 13.1. The SMILES string of the molecule is Cc1nnc2n1-c1cc(Br)ccc1C(Nc1ccc(Cl)cc1)CC2. The molecule has 24 heavy (non-hydrogen) atoms. The van der Waals surface area contributed by atoms with E-state index in [2.05, 4.69) is 54.2 Å². The Balaban J connectivity index is 1.78. The van der Waals surface area contributed by atoms with E-state index in [4.69, 9.17) is 11.6 Å². The first-order valence-corrected chi connectivity index (χ1v) is 9.02. The van der Waals surface area contributed by atoms with Crippen LogP contribution in [0.25, 0.3) is 5.69 Å². The van der Waals surface area contributed by atoms with Gasteiger partial charge in [-0.1, -0.05) is 33.6 Å². The minimum Gasteiger partial charge on any atom is -0.378 e. The molecule has 1 aliphatic heterocycles. The Kier molecular flexibility index (Phi) is 4.06. The van der Waals surface area contributed by atoms with Crippen molar-refractivity contribution in [2.24, 2.45) is 0 Å². The predicted octanol–water partition coefficient (Wildman–Crippen LogP) is 5.09. The second-order valence-electron chi connectivity index (χ2n) is 5.94. The molecule has 1 aromatic heterocycles. The number of hydrogen-bond donors (Lipinski definition) is 1. The monoisotopic (exact) mass is 402 g/mol. The summed E-state index contributed by atoms with van der Waals surface area (Å²) in [6.45, 7) is 1.99. The van der Waals surface area contributed by atoms with Gasteiger partial charge in [0.1, 0.15) is 11.6 Å². The molecular formula is C18H16BrClN4. The molecule has 1 N–H and O–H groups in total. The molecule has 4 nitrogen and oxygen atoms in total. The van der Waals surface area contributed by atoms with Crippen LogP contribution in [0.15, 0.2) is 46.9 Å². The van der Waals surface area contributed by atoms with Crippen LogP contribution in [0, 0.1) is 6.92 Å². The van der Waals surface area contributed by atoms with Gasteiger partial charge in [0.15, 0.2) is 0 Å². The molecule has 0 fully saturated rings. The van der Waals surface area contributed by atoms with Gasteiger partial charge in [-0.2, -0.15) is 0 Å². The van der Waals surface area contributed by atoms with Crippen LogP contribution < -0.4 is 5.32 Å². The van der Waals surface area contributed by atoms with Gasteiger partial charge in [-0.05, 0) is 55.3 Å². The Morgan fingerprint density at radius 2 is 1.96 bits per heavy atom. The molecule has 2 heterocycles. The predicted molar refractivity (Wildman–Crippen MR) is 99.9 cm³/mol. The highest BCUT2D eigenvalue weighted by molar-refractivity contribution is 9.10. The Bertz CT molecular complexity index is 889. The first-order chi connectivity index (χ1) is 11.6. The highest BCUT2D eigenvalue weighted by atomic mass is 79.9. The van der Waals surface area contributed by atoms with Crippen LogP contribution >= 0.6 is 27.5 Å². The van der Waals surface area contributed by atoms with Crippen molar-refractivity contribution < 1.29 is 0 Å². The fourth-order valence-electron chi connectivity index (χ4n) is 3.21. The summed E-state index contributed by atoms with van der Waals surface area (Å²) in [6.07, 6.45) is 1.83. The molecule has 0 aliphatic carbocycles. The third kappa shape index (κ3) is 2.82. The van der Waals surface area contributed by atoms with Gasteiger partial charge in [-0.25, -0.2) is 0 Å². The topological polar surface area (TPSA) is 42.7 Å². The fourth-order valence-corrected chi connectivity index (χ4v) is 3.69. The highest BCUT2D eigenvalue weighted by Gasteiger charge is 2.24. The van der Waals surface area contributed by atoms with Crippen LogP contribution in [0.1, 0.15) is 29.7 Å². The molecule has 0 bridgehead atoms. The van der Waals surface area contributed by atoms with Gasteiger partial charge in [0.05, 0.1) is 11.7 Å². The maximum atomic E-state index is 5.99. The number of halogens is 2. The third-order valence-electron chi connectivity index (χ3n) is 4.34. The average molecular weight is 404 g/mol. The largest absolute Gasteiger partial charge is 0.378 e. The number of aryl methyl sites for hydroxylation is 2. The van der Waals surface area contributed by atoms with Crippen molar-refractivity contribution in [2.75, 3.05) is 5.32 Å². The van der Waals surface area contributed by atoms with Crippen LogP contribution in [-0.2, 0) is 6.42 Å². The van der Waals surface area contributed by atoms with Crippen LogP contribution in [0.4, 0.5) is 5.69 Å². The van der Waals surface area contributed by atoms with Gasteiger partial charge < -0.3 is 5.32 Å². The highest BCUT2D eigenvalue weighted by Crippen LogP contribution is 2.35. The van der Waals surface area contributed by atoms with Gasteiger partial charge in [0, 0.05) is 21.6 Å². The quantitative estimate of drug-likeness (QED) is 0.648. The van der Waals surface area contributed by atoms with Crippen molar-refractivity contribution in [2.45, 2.75) is 25.8 Å². The molecule has 0 saturated carbocycles. The second kappa shape index (κ2) is 6.22. The summed E-state index contributed by atoms with van der Waals surface area (Å²) in [6, 6.07) is 14.4. The molecule has 6 heteroatoms. The Hall–Kier alpha value is -1.85. The number of fused-ring (bicyclic) bond motifs is 3. The van der Waals surface area contributed by atoms with Crippen LogP contribution in [0.5, 0.6) is 0 Å². The molecule has 1 unspecified atom stereocenters. The van der Waals surface area contributed by atoms with Crippen LogP contribution in [0.2, 0.25) is 5.02 Å². The molecule has 0 saturated heterocycles. The van der Waals surface area contributed by atoms with E-state index in [1.54, 1.807) is 0 Å². The summed E-state index contributed by atoms with van der Waals surface area (Å²) in [5.74, 6) is 1.92. The lowest BCUT2D eigenvalue weighted by molar-refractivity contribution is 0.686. The number of nitrogens with one attached hydrogen (secondary N) is 1. The number of benzene rings is 2. The Morgan fingerprint density at radius 3 is 2.75 bits per heavy atom. The van der Waals surface area contributed by atoms with E-state index >= 15 is 0 Å². The lowest BCUT2D eigenvalue weighted by Crippen LogP contribution is -2.12. The molecule has 3 aromatic rings. The van der Waals surface area contributed by atoms with E-state index in [-0.39, 0.29) is 6.04 Å². The number of aromatic nitrogens is 3. The zero-order chi connectivity index (χ0) is 16.7. The zero-order valence-corrected chi connectivity index (χ0v) is 15.5. The van der Waals surface area contributed by atoms with Crippen molar-refractivity contribution in [1.29, 1.82) is 0 Å². The number of rotatable bonds is 2. The van der Waals surface area contributed by atoms with E-state index in [0.29, 0.717) is 0 Å². The summed E-state index contributed by atoms with van der Waals surface area (Å²) >= 11 is 9.58. The van der Waals surface area contributed by atoms with E-state index in [9.17, 15) is 0 Å². The average Bonchev–Trinajstić information content (AvgIpc) is 2.86. The van der Waals surface area contributed by atoms with Crippen LogP contribution in [0.3, 0.4) is 0 Å². The van der Waals surface area contributed by atoms with E-state index < -0.39 is 0 Å². The first-order valence-electron chi connectivity index (χ1n) is 7.84. The van der Waals surface area contributed by atoms with Crippen molar-refractivity contribution in [3.63, 3.8) is 0 Å². The summed E-state index contributed by atoms with van der Waals surface area (Å²) in [7, 11) is 0. The smallest absolute Gasteiger partial charge is 0.137 e.